The predicted octanol–water partition coefficient (Wildman–Crippen LogP) is 3.39. The molecule has 33 heavy (non-hydrogen) atoms. The predicted molar refractivity (Wildman–Crippen MR) is 135 cm³/mol. The zero-order valence-corrected chi connectivity index (χ0v) is 20.6. The van der Waals surface area contributed by atoms with Gasteiger partial charge in [-0.05, 0) is 62.7 Å². The largest absolute Gasteiger partial charge is 0.366 e. The van der Waals surface area contributed by atoms with Crippen LogP contribution in [0.3, 0.4) is 0 Å². The van der Waals surface area contributed by atoms with Crippen molar-refractivity contribution in [1.29, 1.82) is 0 Å². The van der Waals surface area contributed by atoms with E-state index in [-0.39, 0.29) is 12.1 Å². The summed E-state index contributed by atoms with van der Waals surface area (Å²) in [6, 6.07) is 8.68. The lowest BCUT2D eigenvalue weighted by molar-refractivity contribution is -0.118. The van der Waals surface area contributed by atoms with Crippen molar-refractivity contribution < 1.29 is 4.79 Å². The Hall–Kier alpha value is -3.06. The molecule has 0 radical (unpaired) electrons. The minimum atomic E-state index is -0.0736. The summed E-state index contributed by atoms with van der Waals surface area (Å²) >= 11 is 0. The van der Waals surface area contributed by atoms with Crippen LogP contribution in [0, 0.1) is 0 Å². The van der Waals surface area contributed by atoms with Gasteiger partial charge in [0.25, 0.3) is 5.91 Å². The van der Waals surface area contributed by atoms with Gasteiger partial charge in [0.2, 0.25) is 0 Å². The average Bonchev–Trinajstić information content (AvgIpc) is 3.18. The molecule has 1 amide bonds. The van der Waals surface area contributed by atoms with Gasteiger partial charge in [-0.25, -0.2) is 0 Å². The zero-order valence-electron chi connectivity index (χ0n) is 20.6. The van der Waals surface area contributed by atoms with Gasteiger partial charge in [0.15, 0.2) is 0 Å². The van der Waals surface area contributed by atoms with Crippen LogP contribution in [0.25, 0.3) is 0 Å². The Bertz CT molecular complexity index is 944. The van der Waals surface area contributed by atoms with Crippen LogP contribution in [0.15, 0.2) is 65.1 Å². The van der Waals surface area contributed by atoms with Gasteiger partial charge in [-0.3, -0.25) is 15.1 Å². The first-order valence-corrected chi connectivity index (χ1v) is 12.0. The number of carbonyl (C=O) groups is 1. The van der Waals surface area contributed by atoms with E-state index in [1.807, 2.05) is 57.9 Å². The summed E-state index contributed by atoms with van der Waals surface area (Å²) in [6.07, 6.45) is 9.32. The third-order valence-electron chi connectivity index (χ3n) is 5.86. The van der Waals surface area contributed by atoms with E-state index >= 15 is 0 Å². The van der Waals surface area contributed by atoms with E-state index in [1.54, 1.807) is 0 Å². The van der Waals surface area contributed by atoms with E-state index in [0.29, 0.717) is 18.8 Å². The van der Waals surface area contributed by atoms with Crippen LogP contribution < -0.4 is 10.7 Å². The smallest absolute Gasteiger partial charge is 0.267 e. The molecule has 0 aliphatic carbocycles. The number of amides is 1. The minimum Gasteiger partial charge on any atom is -0.366 e. The van der Waals surface area contributed by atoms with Crippen molar-refractivity contribution in [1.82, 2.24) is 25.4 Å². The highest BCUT2D eigenvalue weighted by Gasteiger charge is 2.28. The molecule has 7 heteroatoms. The maximum Gasteiger partial charge on any atom is 0.267 e. The second-order valence-corrected chi connectivity index (χ2v) is 8.27. The van der Waals surface area contributed by atoms with Crippen LogP contribution in [0.2, 0.25) is 0 Å². The maximum absolute atomic E-state index is 12.9. The molecule has 1 fully saturated rings. The van der Waals surface area contributed by atoms with Crippen molar-refractivity contribution in [3.05, 3.63) is 71.1 Å². The molecule has 3 aliphatic rings. The fourth-order valence-electron chi connectivity index (χ4n) is 4.13. The Morgan fingerprint density at radius 1 is 1.30 bits per heavy atom. The molecule has 1 unspecified atom stereocenters. The quantitative estimate of drug-likeness (QED) is 0.595. The van der Waals surface area contributed by atoms with Gasteiger partial charge >= 0.3 is 0 Å². The second-order valence-electron chi connectivity index (χ2n) is 8.27. The van der Waals surface area contributed by atoms with E-state index in [4.69, 9.17) is 0 Å². The van der Waals surface area contributed by atoms with Gasteiger partial charge in [0, 0.05) is 32.4 Å². The highest BCUT2D eigenvalue weighted by molar-refractivity contribution is 5.93. The first-order chi connectivity index (χ1) is 16.0. The number of hydrogen-bond donors (Lipinski definition) is 2. The number of rotatable bonds is 8. The number of fused-ring (bicyclic) bond motifs is 1. The molecular weight excluding hydrogens is 412 g/mol. The van der Waals surface area contributed by atoms with Crippen molar-refractivity contribution in [2.24, 2.45) is 5.10 Å². The van der Waals surface area contributed by atoms with Gasteiger partial charge in [-0.1, -0.05) is 44.2 Å². The van der Waals surface area contributed by atoms with Crippen LogP contribution in [-0.2, 0) is 17.9 Å². The number of hydrogen-bond acceptors (Lipinski definition) is 6. The SMILES string of the molecule is CC.CCNC(=O)/C(=C/C1=CC=CC2NN=C(C)N12)N(C)Cc1cccc(CN2CCC2)c1. The normalized spacial score (nSPS) is 19.4. The summed E-state index contributed by atoms with van der Waals surface area (Å²) in [4.78, 5) is 19.5. The number of hydrazone groups is 1. The van der Waals surface area contributed by atoms with Crippen LogP contribution in [0.1, 0.15) is 45.2 Å². The third-order valence-corrected chi connectivity index (χ3v) is 5.86. The van der Waals surface area contributed by atoms with Crippen LogP contribution in [-0.4, -0.2) is 59.3 Å². The first-order valence-electron chi connectivity index (χ1n) is 12.0. The number of likely N-dealkylation sites (N-methyl/N-ethyl adjacent to an activating group) is 2. The average molecular weight is 451 g/mol. The fraction of sp³-hybridized carbons (Fsp3) is 0.462. The molecule has 7 nitrogen and oxygen atoms in total. The summed E-state index contributed by atoms with van der Waals surface area (Å²) in [5.74, 6) is 0.809. The lowest BCUT2D eigenvalue weighted by Crippen LogP contribution is -2.39. The molecule has 178 valence electrons. The number of amidine groups is 1. The topological polar surface area (TPSA) is 63.2 Å². The van der Waals surface area contributed by atoms with Gasteiger partial charge in [0.1, 0.15) is 17.7 Å². The van der Waals surface area contributed by atoms with E-state index in [0.717, 1.165) is 18.1 Å². The Balaban J connectivity index is 0.00000149. The number of nitrogens with one attached hydrogen (secondary N) is 2. The van der Waals surface area contributed by atoms with Crippen LogP contribution in [0.5, 0.6) is 0 Å². The molecule has 1 atom stereocenters. The summed E-state index contributed by atoms with van der Waals surface area (Å²) < 4.78 is 0. The molecule has 3 aliphatic heterocycles. The molecule has 3 heterocycles. The maximum atomic E-state index is 12.9. The molecular formula is C26H38N6O. The molecule has 0 spiro atoms. The highest BCUT2D eigenvalue weighted by Crippen LogP contribution is 2.23. The number of nitrogens with zero attached hydrogens (tertiary/aromatic N) is 4. The van der Waals surface area contributed by atoms with Crippen molar-refractivity contribution >= 4 is 11.7 Å². The molecule has 0 saturated carbocycles. The van der Waals surface area contributed by atoms with Gasteiger partial charge in [-0.15, -0.1) is 0 Å². The number of likely N-dealkylation sites (tertiary alicyclic amines) is 1. The van der Waals surface area contributed by atoms with Crippen LogP contribution >= 0.6 is 0 Å². The third kappa shape index (κ3) is 6.05. The number of benzene rings is 1. The van der Waals surface area contributed by atoms with Crippen LogP contribution in [0.4, 0.5) is 0 Å². The zero-order chi connectivity index (χ0) is 23.8. The lowest BCUT2D eigenvalue weighted by Gasteiger charge is -2.31. The molecule has 1 aromatic rings. The highest BCUT2D eigenvalue weighted by atomic mass is 16.2. The van der Waals surface area contributed by atoms with Crippen molar-refractivity contribution in [3.8, 4) is 0 Å². The van der Waals surface area contributed by atoms with Gasteiger partial charge in [0.05, 0.1) is 0 Å². The van der Waals surface area contributed by atoms with Gasteiger partial charge in [-0.2, -0.15) is 5.10 Å². The number of allylic oxidation sites excluding steroid dienone is 3. The van der Waals surface area contributed by atoms with Gasteiger partial charge < -0.3 is 15.1 Å². The van der Waals surface area contributed by atoms with Crippen molar-refractivity contribution in [3.63, 3.8) is 0 Å². The molecule has 1 aromatic carbocycles. The van der Waals surface area contributed by atoms with Crippen molar-refractivity contribution in [2.45, 2.75) is 53.4 Å². The summed E-state index contributed by atoms with van der Waals surface area (Å²) in [6.45, 7) is 12.5. The molecule has 1 saturated heterocycles. The summed E-state index contributed by atoms with van der Waals surface area (Å²) in [5, 5.41) is 7.29. The summed E-state index contributed by atoms with van der Waals surface area (Å²) in [7, 11) is 1.98. The summed E-state index contributed by atoms with van der Waals surface area (Å²) in [5.41, 5.74) is 7.21. The van der Waals surface area contributed by atoms with E-state index < -0.39 is 0 Å². The van der Waals surface area contributed by atoms with Crippen molar-refractivity contribution in [2.75, 3.05) is 26.7 Å². The first kappa shape index (κ1) is 24.6. The lowest BCUT2D eigenvalue weighted by atomic mass is 10.1. The van der Waals surface area contributed by atoms with E-state index in [9.17, 15) is 4.79 Å². The monoisotopic (exact) mass is 450 g/mol. The van der Waals surface area contributed by atoms with E-state index in [1.165, 1.54) is 30.6 Å². The minimum absolute atomic E-state index is 0.00442. The molecule has 0 bridgehead atoms. The molecule has 0 aromatic heterocycles. The second kappa shape index (κ2) is 11.7. The Kier molecular flexibility index (Phi) is 8.72. The fourth-order valence-corrected chi connectivity index (χ4v) is 4.13. The Labute approximate surface area is 198 Å². The standard InChI is InChI=1S/C24H32N6O.C2H6/c1-4-25-24(31)22(15-21-10-6-11-23-27-26-18(2)30(21)23)28(3)16-19-8-5-9-20(14-19)17-29-12-7-13-29;1-2/h5-6,8-11,14-15,23,27H,4,7,12-13,16-17H2,1-3H3,(H,25,31);1-2H3/b22-15-;. The molecule has 4 rings (SSSR count). The number of carbonyl (C=O) groups excluding carboxylic acids is 1. The molecule has 2 N–H and O–H groups in total. The Morgan fingerprint density at radius 2 is 2.06 bits per heavy atom. The van der Waals surface area contributed by atoms with E-state index in [2.05, 4.69) is 56.0 Å². The Morgan fingerprint density at radius 3 is 2.76 bits per heavy atom.